The van der Waals surface area contributed by atoms with E-state index in [1.807, 2.05) is 41.8 Å². The van der Waals surface area contributed by atoms with Gasteiger partial charge in [-0.15, -0.1) is 11.8 Å². The largest absolute Gasteiger partial charge is 0.371 e. The van der Waals surface area contributed by atoms with Gasteiger partial charge in [0.1, 0.15) is 5.69 Å². The normalized spacial score (nSPS) is 21.5. The Bertz CT molecular complexity index is 785. The number of hydrogen-bond donors (Lipinski definition) is 0. The number of rotatable bonds is 4. The van der Waals surface area contributed by atoms with Crippen LogP contribution in [-0.2, 0) is 18.4 Å². The molecule has 6 nitrogen and oxygen atoms in total. The zero-order valence-corrected chi connectivity index (χ0v) is 15.3. The maximum atomic E-state index is 12.5. The Morgan fingerprint density at radius 3 is 2.96 bits per heavy atom. The molecule has 2 aliphatic rings. The molecule has 0 unspecified atom stereocenters. The van der Waals surface area contributed by atoms with Crippen LogP contribution in [0, 0.1) is 6.92 Å². The maximum Gasteiger partial charge on any atom is 0.272 e. The summed E-state index contributed by atoms with van der Waals surface area (Å²) in [6, 6.07) is 7.78. The lowest BCUT2D eigenvalue weighted by Gasteiger charge is -2.47. The van der Waals surface area contributed by atoms with Crippen molar-refractivity contribution in [3.05, 3.63) is 47.5 Å². The van der Waals surface area contributed by atoms with Gasteiger partial charge in [-0.25, -0.2) is 0 Å². The van der Waals surface area contributed by atoms with Crippen molar-refractivity contribution in [2.75, 3.05) is 18.8 Å². The van der Waals surface area contributed by atoms with Crippen LogP contribution < -0.4 is 0 Å². The first-order valence-corrected chi connectivity index (χ1v) is 9.49. The van der Waals surface area contributed by atoms with Gasteiger partial charge >= 0.3 is 0 Å². The molecule has 7 heteroatoms. The molecule has 2 aromatic heterocycles. The molecule has 0 radical (unpaired) electrons. The molecular formula is C18H22N4O2S. The van der Waals surface area contributed by atoms with Crippen LogP contribution in [0.4, 0.5) is 0 Å². The molecule has 0 N–H and O–H groups in total. The highest BCUT2D eigenvalue weighted by Crippen LogP contribution is 2.46. The van der Waals surface area contributed by atoms with Gasteiger partial charge in [0.15, 0.2) is 0 Å². The van der Waals surface area contributed by atoms with Crippen LogP contribution in [-0.4, -0.2) is 55.3 Å². The molecule has 0 bridgehead atoms. The molecular weight excluding hydrogens is 336 g/mol. The lowest BCUT2D eigenvalue weighted by Crippen LogP contribution is -2.61. The van der Waals surface area contributed by atoms with E-state index in [9.17, 15) is 4.79 Å². The summed E-state index contributed by atoms with van der Waals surface area (Å²) >= 11 is 1.94. The number of nitrogens with zero attached hydrogens (tertiary/aromatic N) is 4. The summed E-state index contributed by atoms with van der Waals surface area (Å²) in [7, 11) is 1.80. The van der Waals surface area contributed by atoms with Crippen LogP contribution in [0.1, 0.15) is 28.3 Å². The van der Waals surface area contributed by atoms with E-state index < -0.39 is 0 Å². The van der Waals surface area contributed by atoms with Crippen LogP contribution in [0.3, 0.4) is 0 Å². The maximum absolute atomic E-state index is 12.5. The first-order valence-electron chi connectivity index (χ1n) is 8.50. The van der Waals surface area contributed by atoms with Crippen molar-refractivity contribution in [3.63, 3.8) is 0 Å². The Labute approximate surface area is 151 Å². The van der Waals surface area contributed by atoms with Crippen molar-refractivity contribution >= 4 is 17.7 Å². The molecule has 0 aromatic carbocycles. The smallest absolute Gasteiger partial charge is 0.272 e. The molecule has 2 aromatic rings. The first-order chi connectivity index (χ1) is 12.0. The monoisotopic (exact) mass is 358 g/mol. The van der Waals surface area contributed by atoms with Crippen LogP contribution in [0.25, 0.3) is 0 Å². The summed E-state index contributed by atoms with van der Waals surface area (Å²) in [5.41, 5.74) is 2.64. The highest BCUT2D eigenvalue weighted by molar-refractivity contribution is 8.01. The molecule has 2 aliphatic heterocycles. The van der Waals surface area contributed by atoms with E-state index >= 15 is 0 Å². The molecule has 4 heterocycles. The molecule has 4 rings (SSSR count). The van der Waals surface area contributed by atoms with E-state index in [2.05, 4.69) is 10.1 Å². The third-order valence-electron chi connectivity index (χ3n) is 4.87. The van der Waals surface area contributed by atoms with Crippen LogP contribution in [0.15, 0.2) is 30.5 Å². The van der Waals surface area contributed by atoms with Gasteiger partial charge in [0.05, 0.1) is 23.2 Å². The fourth-order valence-corrected chi connectivity index (χ4v) is 5.10. The zero-order valence-electron chi connectivity index (χ0n) is 14.5. The molecule has 25 heavy (non-hydrogen) atoms. The number of hydrogen-bond acceptors (Lipinski definition) is 5. The Morgan fingerprint density at radius 1 is 1.40 bits per heavy atom. The molecule has 0 aliphatic carbocycles. The second-order valence-corrected chi connectivity index (χ2v) is 8.39. The lowest BCUT2D eigenvalue weighted by molar-refractivity contribution is 0.0241. The van der Waals surface area contributed by atoms with E-state index in [0.29, 0.717) is 12.3 Å². The van der Waals surface area contributed by atoms with Crippen molar-refractivity contribution in [1.29, 1.82) is 0 Å². The number of likely N-dealkylation sites (tertiary alicyclic amines) is 1. The highest BCUT2D eigenvalue weighted by atomic mass is 32.2. The summed E-state index contributed by atoms with van der Waals surface area (Å²) in [5.74, 6) is 1.05. The summed E-state index contributed by atoms with van der Waals surface area (Å²) in [5, 5.41) is 4.08. The van der Waals surface area contributed by atoms with E-state index in [4.69, 9.17) is 4.74 Å². The van der Waals surface area contributed by atoms with Gasteiger partial charge in [0.2, 0.25) is 0 Å². The third-order valence-corrected chi connectivity index (χ3v) is 6.45. The van der Waals surface area contributed by atoms with E-state index in [-0.39, 0.29) is 16.8 Å². The molecule has 1 amide bonds. The summed E-state index contributed by atoms with van der Waals surface area (Å²) in [6.07, 6.45) is 2.90. The molecule has 2 fully saturated rings. The molecule has 132 valence electrons. The first kappa shape index (κ1) is 16.6. The number of thioether (sulfide) groups is 1. The van der Waals surface area contributed by atoms with E-state index in [1.54, 1.807) is 24.0 Å². The second kappa shape index (κ2) is 6.46. The summed E-state index contributed by atoms with van der Waals surface area (Å²) in [6.45, 7) is 4.14. The van der Waals surface area contributed by atoms with E-state index in [1.165, 1.54) is 0 Å². The number of ether oxygens (including phenoxy) is 1. The molecule has 2 saturated heterocycles. The average molecular weight is 358 g/mol. The lowest BCUT2D eigenvalue weighted by atomic mass is 9.92. The van der Waals surface area contributed by atoms with Gasteiger partial charge in [0.25, 0.3) is 5.91 Å². The van der Waals surface area contributed by atoms with E-state index in [0.717, 1.165) is 36.7 Å². The Balaban J connectivity index is 1.29. The van der Waals surface area contributed by atoms with Crippen LogP contribution >= 0.6 is 11.8 Å². The highest BCUT2D eigenvalue weighted by Gasteiger charge is 2.51. The number of aromatic nitrogens is 3. The standard InChI is InChI=1S/C18H22N4O2S/c1-13-4-3-5-14(20-13)9-24-15-8-18(25-10-15)11-22(12-18)17(23)16-6-7-19-21(16)2/h3-7,15H,8-12H2,1-2H3/t15-/m1/s1. The number of aryl methyl sites for hydroxylation is 2. The minimum Gasteiger partial charge on any atom is -0.371 e. The number of pyridine rings is 1. The second-order valence-electron chi connectivity index (χ2n) is 6.90. The Hall–Kier alpha value is -1.86. The molecule has 0 saturated carbocycles. The predicted octanol–water partition coefficient (Wildman–Crippen LogP) is 2.04. The van der Waals surface area contributed by atoms with Gasteiger partial charge in [-0.3, -0.25) is 14.5 Å². The number of amides is 1. The van der Waals surface area contributed by atoms with Gasteiger partial charge in [-0.05, 0) is 31.5 Å². The van der Waals surface area contributed by atoms with Crippen molar-refractivity contribution in [1.82, 2.24) is 19.7 Å². The van der Waals surface area contributed by atoms with Gasteiger partial charge in [-0.2, -0.15) is 5.10 Å². The average Bonchev–Trinajstić information content (AvgIpc) is 3.17. The predicted molar refractivity (Wildman–Crippen MR) is 96.5 cm³/mol. The SMILES string of the molecule is Cc1cccc(CO[C@H]2CSC3(C2)CN(C(=O)c2ccnn2C)C3)n1. The summed E-state index contributed by atoms with van der Waals surface area (Å²) < 4.78 is 7.86. The van der Waals surface area contributed by atoms with Crippen LogP contribution in [0.5, 0.6) is 0 Å². The minimum atomic E-state index is 0.0690. The van der Waals surface area contributed by atoms with Crippen molar-refractivity contribution < 1.29 is 9.53 Å². The van der Waals surface area contributed by atoms with Crippen molar-refractivity contribution in [2.45, 2.75) is 30.8 Å². The molecule has 1 atom stereocenters. The fraction of sp³-hybridized carbons (Fsp3) is 0.500. The summed E-state index contributed by atoms with van der Waals surface area (Å²) in [4.78, 5) is 18.9. The van der Waals surface area contributed by atoms with Crippen molar-refractivity contribution in [3.8, 4) is 0 Å². The minimum absolute atomic E-state index is 0.0690. The van der Waals surface area contributed by atoms with Gasteiger partial charge in [0, 0.05) is 37.8 Å². The number of carbonyl (C=O) groups excluding carboxylic acids is 1. The fourth-order valence-electron chi connectivity index (χ4n) is 3.55. The van der Waals surface area contributed by atoms with Gasteiger partial charge < -0.3 is 9.64 Å². The van der Waals surface area contributed by atoms with Gasteiger partial charge in [-0.1, -0.05) is 6.07 Å². The Kier molecular flexibility index (Phi) is 4.29. The zero-order chi connectivity index (χ0) is 17.4. The molecule has 1 spiro atoms. The van der Waals surface area contributed by atoms with Crippen LogP contribution in [0.2, 0.25) is 0 Å². The topological polar surface area (TPSA) is 60.2 Å². The quantitative estimate of drug-likeness (QED) is 0.837. The Morgan fingerprint density at radius 2 is 2.24 bits per heavy atom. The van der Waals surface area contributed by atoms with Crippen molar-refractivity contribution in [2.24, 2.45) is 7.05 Å². The third kappa shape index (κ3) is 3.30. The number of carbonyl (C=O) groups is 1.